The molecular formula is C7H11N7Y-2. The minimum absolute atomic E-state index is 0. The van der Waals surface area contributed by atoms with Crippen LogP contribution in [0.5, 0.6) is 0 Å². The first-order valence-electron chi connectivity index (χ1n) is 3.50. The van der Waals surface area contributed by atoms with Gasteiger partial charge >= 0.3 is 0 Å². The summed E-state index contributed by atoms with van der Waals surface area (Å²) in [7, 11) is 3.66. The number of rotatable bonds is 1. The minimum atomic E-state index is 0. The molecule has 79 valence electrons. The van der Waals surface area contributed by atoms with E-state index in [1.165, 1.54) is 10.9 Å². The second-order valence-corrected chi connectivity index (χ2v) is 2.46. The Kier molecular flexibility index (Phi) is 4.93. The van der Waals surface area contributed by atoms with Gasteiger partial charge in [0, 0.05) is 32.7 Å². The van der Waals surface area contributed by atoms with E-state index in [1.807, 2.05) is 0 Å². The van der Waals surface area contributed by atoms with Crippen molar-refractivity contribution in [1.29, 1.82) is 0 Å². The molecule has 8 heteroatoms. The molecule has 0 aliphatic rings. The van der Waals surface area contributed by atoms with Gasteiger partial charge in [-0.25, -0.2) is 5.84 Å². The molecule has 1 radical (unpaired) electrons. The molecule has 2 aromatic heterocycles. The van der Waals surface area contributed by atoms with Crippen LogP contribution in [0, 0.1) is 14.5 Å². The Hall–Kier alpha value is -0.916. The maximum atomic E-state index is 5.44. The van der Waals surface area contributed by atoms with Crippen LogP contribution < -0.4 is 17.0 Å². The summed E-state index contributed by atoms with van der Waals surface area (Å²) in [6.07, 6.45) is 1.51. The average Bonchev–Trinajstić information content (AvgIpc) is 2.47. The van der Waals surface area contributed by atoms with Gasteiger partial charge in [-0.2, -0.15) is 4.98 Å². The third kappa shape index (κ3) is 2.36. The molecule has 0 saturated heterocycles. The largest absolute Gasteiger partial charge is 0.456 e. The predicted octanol–water partition coefficient (Wildman–Crippen LogP) is -0.218. The zero-order valence-corrected chi connectivity index (χ0v) is 11.1. The van der Waals surface area contributed by atoms with Crippen LogP contribution in [0.2, 0.25) is 0 Å². The van der Waals surface area contributed by atoms with Crippen molar-refractivity contribution in [2.24, 2.45) is 5.84 Å². The molecule has 5 N–H and O–H groups in total. The molecule has 0 amide bonds. The van der Waals surface area contributed by atoms with Crippen LogP contribution in [-0.4, -0.2) is 19.5 Å². The van der Waals surface area contributed by atoms with Crippen LogP contribution >= 0.6 is 0 Å². The van der Waals surface area contributed by atoms with Gasteiger partial charge in [0.1, 0.15) is 0 Å². The fourth-order valence-corrected chi connectivity index (χ4v) is 1.06. The van der Waals surface area contributed by atoms with E-state index in [4.69, 9.17) is 11.6 Å². The van der Waals surface area contributed by atoms with E-state index < -0.39 is 0 Å². The monoisotopic (exact) mass is 282 g/mol. The smallest absolute Gasteiger partial charge is 0.211 e. The number of nitrogens with one attached hydrogen (secondary N) is 1. The Labute approximate surface area is 113 Å². The molecule has 0 atom stereocenters. The van der Waals surface area contributed by atoms with Gasteiger partial charge in [-0.3, -0.25) is 4.98 Å². The van der Waals surface area contributed by atoms with Gasteiger partial charge in [-0.05, 0) is 6.33 Å². The summed E-state index contributed by atoms with van der Waals surface area (Å²) in [5.41, 5.74) is 8.92. The maximum Gasteiger partial charge on any atom is 0.211 e. The summed E-state index contributed by atoms with van der Waals surface area (Å²) >= 11 is 0. The van der Waals surface area contributed by atoms with Crippen LogP contribution in [0.3, 0.4) is 0 Å². The molecule has 7 nitrogen and oxygen atoms in total. The van der Waals surface area contributed by atoms with Crippen molar-refractivity contribution >= 4 is 22.9 Å². The third-order valence-electron chi connectivity index (χ3n) is 1.62. The van der Waals surface area contributed by atoms with Gasteiger partial charge in [-0.15, -0.1) is 7.05 Å². The van der Waals surface area contributed by atoms with E-state index in [1.54, 1.807) is 0 Å². The van der Waals surface area contributed by atoms with Crippen molar-refractivity contribution in [2.45, 2.75) is 0 Å². The van der Waals surface area contributed by atoms with Crippen molar-refractivity contribution in [1.82, 2.24) is 19.5 Å². The molecule has 0 bridgehead atoms. The second-order valence-electron chi connectivity index (χ2n) is 2.46. The van der Waals surface area contributed by atoms with E-state index >= 15 is 0 Å². The number of aromatic nitrogens is 4. The van der Waals surface area contributed by atoms with Gasteiger partial charge in [0.05, 0.1) is 11.2 Å². The number of hydrogen-bond donors (Lipinski definition) is 3. The summed E-state index contributed by atoms with van der Waals surface area (Å²) in [6.45, 7) is 0. The molecule has 0 saturated carbocycles. The summed E-state index contributed by atoms with van der Waals surface area (Å²) in [4.78, 5) is 11.8. The molecular weight excluding hydrogens is 271 g/mol. The second kappa shape index (κ2) is 5.25. The van der Waals surface area contributed by atoms with E-state index in [0.29, 0.717) is 17.0 Å². The molecule has 0 spiro atoms. The normalized spacial score (nSPS) is 9.13. The molecule has 0 unspecified atom stereocenters. The van der Waals surface area contributed by atoms with E-state index in [9.17, 15) is 0 Å². The number of anilines is 2. The summed E-state index contributed by atoms with van der Waals surface area (Å²) in [5, 5.41) is 0. The number of nitrogen functional groups attached to an aromatic ring is 2. The van der Waals surface area contributed by atoms with Gasteiger partial charge in [0.15, 0.2) is 5.82 Å². The average molecular weight is 282 g/mol. The van der Waals surface area contributed by atoms with Crippen LogP contribution in [0.25, 0.3) is 11.2 Å². The van der Waals surface area contributed by atoms with Gasteiger partial charge in [0.2, 0.25) is 5.95 Å². The van der Waals surface area contributed by atoms with Crippen LogP contribution in [0.1, 0.15) is 0 Å². The number of fused-ring (bicyclic) bond motifs is 1. The zero-order chi connectivity index (χ0) is 9.42. The number of hydrogen-bond acceptors (Lipinski definition) is 6. The topological polar surface area (TPSA) is 108 Å². The number of imidazole rings is 1. The summed E-state index contributed by atoms with van der Waals surface area (Å²) < 4.78 is 1.49. The molecule has 2 rings (SSSR count). The van der Waals surface area contributed by atoms with Crippen molar-refractivity contribution in [3.05, 3.63) is 20.8 Å². The number of nitrogens with two attached hydrogens (primary N) is 2. The Balaban J connectivity index is 0.000000980. The standard InChI is InChI=1S/C6H8N7.CH3.Y/c1-13-2-9-3-4(12-8)10-6(7)11-5(3)13;;/h2H,1,8H2,(H3,7,10,11,12);1H3;/q2*-1;. The number of nitrogens with zero attached hydrogens (tertiary/aromatic N) is 4. The van der Waals surface area contributed by atoms with Crippen LogP contribution in [-0.2, 0) is 32.7 Å². The first-order chi connectivity index (χ1) is 6.22. The van der Waals surface area contributed by atoms with Crippen molar-refractivity contribution in [3.63, 3.8) is 0 Å². The minimum Gasteiger partial charge on any atom is -0.456 e. The fourth-order valence-electron chi connectivity index (χ4n) is 1.06. The predicted molar refractivity (Wildman–Crippen MR) is 54.7 cm³/mol. The van der Waals surface area contributed by atoms with Crippen LogP contribution in [0.15, 0.2) is 6.33 Å². The first-order valence-corrected chi connectivity index (χ1v) is 3.50. The Morgan fingerprint density at radius 3 is 2.67 bits per heavy atom. The van der Waals surface area contributed by atoms with E-state index in [0.717, 1.165) is 0 Å². The maximum absolute atomic E-state index is 5.44. The third-order valence-corrected chi connectivity index (χ3v) is 1.62. The van der Waals surface area contributed by atoms with Gasteiger partial charge in [0.25, 0.3) is 0 Å². The Morgan fingerprint density at radius 1 is 1.40 bits per heavy atom. The van der Waals surface area contributed by atoms with Crippen LogP contribution in [0.4, 0.5) is 11.8 Å². The first kappa shape index (κ1) is 14.1. The fraction of sp³-hybridized carbons (Fsp3) is 0. The molecule has 0 aliphatic heterocycles. The van der Waals surface area contributed by atoms with E-state index in [-0.39, 0.29) is 46.1 Å². The summed E-state index contributed by atoms with van der Waals surface area (Å²) in [6, 6.07) is 0. The SMILES string of the molecule is [CH2-]n1cnc2c(NN)nc(N)nc21.[CH3-].[Y]. The summed E-state index contributed by atoms with van der Waals surface area (Å²) in [5.74, 6) is 5.75. The van der Waals surface area contributed by atoms with Gasteiger partial charge < -0.3 is 28.1 Å². The number of hydrazine groups is 1. The van der Waals surface area contributed by atoms with Gasteiger partial charge in [-0.1, -0.05) is 0 Å². The molecule has 0 aliphatic carbocycles. The Morgan fingerprint density at radius 2 is 2.07 bits per heavy atom. The quantitative estimate of drug-likeness (QED) is 0.379. The molecule has 2 aromatic rings. The van der Waals surface area contributed by atoms with Crippen molar-refractivity contribution < 1.29 is 32.7 Å². The zero-order valence-electron chi connectivity index (χ0n) is 8.31. The Bertz CT molecular complexity index is 452. The molecule has 15 heavy (non-hydrogen) atoms. The van der Waals surface area contributed by atoms with Crippen molar-refractivity contribution in [3.8, 4) is 0 Å². The molecule has 2 heterocycles. The van der Waals surface area contributed by atoms with E-state index in [2.05, 4.69) is 27.4 Å². The van der Waals surface area contributed by atoms with Crippen molar-refractivity contribution in [2.75, 3.05) is 11.2 Å². The molecule has 0 fully saturated rings. The molecule has 0 aromatic carbocycles.